The minimum Gasteiger partial charge on any atom is -0.294 e. The van der Waals surface area contributed by atoms with Gasteiger partial charge in [-0.3, -0.25) is 19.9 Å². The maximum absolute atomic E-state index is 12.4. The van der Waals surface area contributed by atoms with Crippen molar-refractivity contribution in [1.29, 1.82) is 0 Å². The minimum absolute atomic E-state index is 0.0727. The van der Waals surface area contributed by atoms with E-state index >= 15 is 0 Å². The third kappa shape index (κ3) is 2.58. The van der Waals surface area contributed by atoms with Gasteiger partial charge in [0.15, 0.2) is 5.78 Å². The molecule has 1 aromatic carbocycles. The lowest BCUT2D eigenvalue weighted by atomic mass is 9.77. The smallest absolute Gasteiger partial charge is 0.269 e. The van der Waals surface area contributed by atoms with E-state index in [1.165, 1.54) is 6.07 Å². The molecule has 0 saturated heterocycles. The van der Waals surface area contributed by atoms with Gasteiger partial charge < -0.3 is 0 Å². The van der Waals surface area contributed by atoms with E-state index in [9.17, 15) is 14.9 Å². The van der Waals surface area contributed by atoms with Crippen molar-refractivity contribution >= 4 is 17.2 Å². The molecule has 1 aromatic rings. The van der Waals surface area contributed by atoms with Crippen LogP contribution in [-0.2, 0) is 4.79 Å². The van der Waals surface area contributed by atoms with Crippen LogP contribution in [0.25, 0.3) is 0 Å². The largest absolute Gasteiger partial charge is 0.294 e. The van der Waals surface area contributed by atoms with Gasteiger partial charge in [0.2, 0.25) is 0 Å². The topological polar surface area (TPSA) is 72.6 Å². The maximum atomic E-state index is 12.4. The zero-order valence-electron chi connectivity index (χ0n) is 12.5. The summed E-state index contributed by atoms with van der Waals surface area (Å²) >= 11 is 0. The lowest BCUT2D eigenvalue weighted by molar-refractivity contribution is -0.384. The van der Waals surface area contributed by atoms with E-state index < -0.39 is 0 Å². The average molecular weight is 298 g/mol. The van der Waals surface area contributed by atoms with Gasteiger partial charge in [-0.05, 0) is 31.2 Å². The summed E-state index contributed by atoms with van der Waals surface area (Å²) in [7, 11) is 0. The van der Waals surface area contributed by atoms with Crippen molar-refractivity contribution in [2.24, 2.45) is 4.99 Å². The van der Waals surface area contributed by atoms with Crippen molar-refractivity contribution in [3.8, 4) is 0 Å². The fourth-order valence-electron chi connectivity index (χ4n) is 3.30. The Kier molecular flexibility index (Phi) is 3.88. The van der Waals surface area contributed by atoms with Gasteiger partial charge in [0.05, 0.1) is 4.92 Å². The van der Waals surface area contributed by atoms with E-state index in [-0.39, 0.29) is 22.3 Å². The molecule has 3 rings (SSSR count). The molecular weight excluding hydrogens is 280 g/mol. The molecule has 1 atom stereocenters. The summed E-state index contributed by atoms with van der Waals surface area (Å²) in [5, 5.41) is 11.0. The van der Waals surface area contributed by atoms with Gasteiger partial charge in [0, 0.05) is 41.5 Å². The lowest BCUT2D eigenvalue weighted by Crippen LogP contribution is -2.24. The Morgan fingerprint density at radius 3 is 2.91 bits per heavy atom. The summed E-state index contributed by atoms with van der Waals surface area (Å²) in [5.74, 6) is 0.0619. The molecule has 114 valence electrons. The van der Waals surface area contributed by atoms with E-state index in [2.05, 4.69) is 11.9 Å². The Morgan fingerprint density at radius 2 is 2.18 bits per heavy atom. The molecule has 1 heterocycles. The summed E-state index contributed by atoms with van der Waals surface area (Å²) in [5.41, 5.74) is 3.67. The van der Waals surface area contributed by atoms with Crippen LogP contribution in [0.1, 0.15) is 50.5 Å². The first-order valence-electron chi connectivity index (χ1n) is 7.67. The summed E-state index contributed by atoms with van der Waals surface area (Å²) in [6.07, 6.45) is 3.76. The third-order valence-corrected chi connectivity index (χ3v) is 4.40. The quantitative estimate of drug-likeness (QED) is 0.626. The van der Waals surface area contributed by atoms with Crippen LogP contribution in [0.15, 0.2) is 40.5 Å². The lowest BCUT2D eigenvalue weighted by Gasteiger charge is -2.29. The highest BCUT2D eigenvalue weighted by molar-refractivity contribution is 6.01. The average Bonchev–Trinajstić information content (AvgIpc) is 2.54. The van der Waals surface area contributed by atoms with Crippen LogP contribution < -0.4 is 0 Å². The van der Waals surface area contributed by atoms with Crippen LogP contribution in [0.3, 0.4) is 0 Å². The van der Waals surface area contributed by atoms with E-state index in [0.717, 1.165) is 41.8 Å². The molecule has 0 radical (unpaired) electrons. The summed E-state index contributed by atoms with van der Waals surface area (Å²) in [4.78, 5) is 27.6. The Labute approximate surface area is 128 Å². The minimum atomic E-state index is -0.390. The zero-order chi connectivity index (χ0) is 15.7. The van der Waals surface area contributed by atoms with Crippen LogP contribution in [0.5, 0.6) is 0 Å². The molecule has 5 heteroatoms. The van der Waals surface area contributed by atoms with E-state index in [1.54, 1.807) is 12.1 Å². The van der Waals surface area contributed by atoms with Crippen LogP contribution in [0, 0.1) is 10.1 Å². The highest BCUT2D eigenvalue weighted by atomic mass is 16.6. The molecule has 0 N–H and O–H groups in total. The normalized spacial score (nSPS) is 21.4. The first kappa shape index (κ1) is 14.6. The van der Waals surface area contributed by atoms with Gasteiger partial charge >= 0.3 is 0 Å². The van der Waals surface area contributed by atoms with Crippen molar-refractivity contribution in [2.45, 2.75) is 44.9 Å². The fourth-order valence-corrected chi connectivity index (χ4v) is 3.30. The van der Waals surface area contributed by atoms with Gasteiger partial charge in [-0.1, -0.05) is 19.1 Å². The maximum Gasteiger partial charge on any atom is 0.269 e. The Morgan fingerprint density at radius 1 is 1.36 bits per heavy atom. The van der Waals surface area contributed by atoms with E-state index in [4.69, 9.17) is 0 Å². The Balaban J connectivity index is 2.07. The molecule has 0 saturated carbocycles. The number of non-ortho nitro benzene ring substituents is 1. The van der Waals surface area contributed by atoms with Gasteiger partial charge in [-0.2, -0.15) is 0 Å². The van der Waals surface area contributed by atoms with Crippen molar-refractivity contribution in [2.75, 3.05) is 0 Å². The number of hydrogen-bond acceptors (Lipinski definition) is 4. The molecule has 0 fully saturated rings. The van der Waals surface area contributed by atoms with Crippen molar-refractivity contribution in [3.63, 3.8) is 0 Å². The van der Waals surface area contributed by atoms with Crippen molar-refractivity contribution in [3.05, 3.63) is 51.2 Å². The van der Waals surface area contributed by atoms with E-state index in [0.29, 0.717) is 12.8 Å². The predicted molar refractivity (Wildman–Crippen MR) is 84.1 cm³/mol. The van der Waals surface area contributed by atoms with Gasteiger partial charge in [0.1, 0.15) is 0 Å². The Bertz CT molecular complexity index is 704. The number of Topliss-reactive ketones (excluding diaryl/α,β-unsaturated/α-hetero) is 1. The number of carbonyl (C=O) groups is 1. The highest BCUT2D eigenvalue weighted by Crippen LogP contribution is 2.40. The van der Waals surface area contributed by atoms with Gasteiger partial charge in [0.25, 0.3) is 5.69 Å². The molecule has 0 spiro atoms. The van der Waals surface area contributed by atoms with E-state index in [1.807, 2.05) is 6.07 Å². The molecule has 0 aromatic heterocycles. The number of ketones is 1. The SMILES string of the molecule is CCC1=NC2=C(C(=O)CCC2)C(c2cccc([N+](=O)[O-])c2)C1. The molecule has 22 heavy (non-hydrogen) atoms. The number of nitro groups is 1. The predicted octanol–water partition coefficient (Wildman–Crippen LogP) is 3.94. The number of allylic oxidation sites excluding steroid dienone is 2. The fraction of sp³-hybridized carbons (Fsp3) is 0.412. The standard InChI is InChI=1S/C17H18N2O3/c1-2-12-10-14(11-5-3-6-13(9-11)19(21)22)17-15(18-12)7-4-8-16(17)20/h3,5-6,9,14H,2,4,7-8,10H2,1H3. The van der Waals surface area contributed by atoms with Crippen LogP contribution in [0.2, 0.25) is 0 Å². The molecule has 0 amide bonds. The monoisotopic (exact) mass is 298 g/mol. The van der Waals surface area contributed by atoms with Crippen LogP contribution >= 0.6 is 0 Å². The molecule has 1 unspecified atom stereocenters. The second-order valence-corrected chi connectivity index (χ2v) is 5.78. The number of aliphatic imine (C=N–C) groups is 1. The Hall–Kier alpha value is -2.30. The number of carbonyl (C=O) groups excluding carboxylic acids is 1. The van der Waals surface area contributed by atoms with Crippen molar-refractivity contribution < 1.29 is 9.72 Å². The molecule has 1 aliphatic heterocycles. The number of benzene rings is 1. The van der Waals surface area contributed by atoms with Crippen LogP contribution in [-0.4, -0.2) is 16.4 Å². The first-order chi connectivity index (χ1) is 10.6. The summed E-state index contributed by atoms with van der Waals surface area (Å²) in [6.45, 7) is 2.06. The molecule has 5 nitrogen and oxygen atoms in total. The second kappa shape index (κ2) is 5.83. The molecule has 1 aliphatic carbocycles. The number of nitrogens with zero attached hydrogens (tertiary/aromatic N) is 2. The number of rotatable bonds is 3. The zero-order valence-corrected chi connectivity index (χ0v) is 12.5. The summed E-state index contributed by atoms with van der Waals surface area (Å²) < 4.78 is 0. The number of hydrogen-bond donors (Lipinski definition) is 0. The van der Waals surface area contributed by atoms with Crippen LogP contribution in [0.4, 0.5) is 5.69 Å². The number of nitro benzene ring substituents is 1. The molecular formula is C17H18N2O3. The molecule has 2 aliphatic rings. The van der Waals surface area contributed by atoms with Gasteiger partial charge in [-0.25, -0.2) is 0 Å². The van der Waals surface area contributed by atoms with Gasteiger partial charge in [-0.15, -0.1) is 0 Å². The molecule has 0 bridgehead atoms. The second-order valence-electron chi connectivity index (χ2n) is 5.78. The summed E-state index contributed by atoms with van der Waals surface area (Å²) in [6, 6.07) is 6.65. The van der Waals surface area contributed by atoms with Crippen molar-refractivity contribution in [1.82, 2.24) is 0 Å². The third-order valence-electron chi connectivity index (χ3n) is 4.40. The first-order valence-corrected chi connectivity index (χ1v) is 7.67. The highest BCUT2D eigenvalue weighted by Gasteiger charge is 2.33.